The second-order valence-electron chi connectivity index (χ2n) is 1.69. The standard InChI is InChI=1S/C6H3BrCl2S/c7-5-3(8)1-2-4(10)6(5)9/h1-2,10H. The van der Waals surface area contributed by atoms with Crippen molar-refractivity contribution in [1.82, 2.24) is 0 Å². The van der Waals surface area contributed by atoms with Crippen LogP contribution in [-0.4, -0.2) is 0 Å². The molecular weight excluding hydrogens is 255 g/mol. The third-order valence-corrected chi connectivity index (χ3v) is 3.51. The minimum atomic E-state index is 0.552. The van der Waals surface area contributed by atoms with E-state index in [0.29, 0.717) is 14.5 Å². The SMILES string of the molecule is Sc1ccc(Cl)c(Br)c1Cl. The van der Waals surface area contributed by atoms with Crippen molar-refractivity contribution < 1.29 is 0 Å². The predicted octanol–water partition coefficient (Wildman–Crippen LogP) is 4.04. The van der Waals surface area contributed by atoms with E-state index in [4.69, 9.17) is 23.2 Å². The molecule has 0 nitrogen and oxygen atoms in total. The van der Waals surface area contributed by atoms with Gasteiger partial charge in [0.15, 0.2) is 0 Å². The van der Waals surface area contributed by atoms with Gasteiger partial charge in [-0.25, -0.2) is 0 Å². The van der Waals surface area contributed by atoms with Crippen LogP contribution < -0.4 is 0 Å². The van der Waals surface area contributed by atoms with Crippen LogP contribution in [0.2, 0.25) is 10.0 Å². The maximum atomic E-state index is 5.78. The lowest BCUT2D eigenvalue weighted by molar-refractivity contribution is 1.45. The van der Waals surface area contributed by atoms with E-state index in [2.05, 4.69) is 28.6 Å². The Kier molecular flexibility index (Phi) is 2.92. The average Bonchev–Trinajstić information content (AvgIpc) is 1.93. The molecule has 1 aromatic carbocycles. The van der Waals surface area contributed by atoms with Crippen LogP contribution in [-0.2, 0) is 0 Å². The van der Waals surface area contributed by atoms with Crippen molar-refractivity contribution in [2.75, 3.05) is 0 Å². The highest BCUT2D eigenvalue weighted by Gasteiger charge is 2.03. The first kappa shape index (κ1) is 8.72. The summed E-state index contributed by atoms with van der Waals surface area (Å²) in [6.07, 6.45) is 0. The zero-order chi connectivity index (χ0) is 7.72. The van der Waals surface area contributed by atoms with Gasteiger partial charge in [0.05, 0.1) is 14.5 Å². The molecule has 54 valence electrons. The van der Waals surface area contributed by atoms with Gasteiger partial charge in [0.2, 0.25) is 0 Å². The lowest BCUT2D eigenvalue weighted by Crippen LogP contribution is -1.73. The molecule has 0 amide bonds. The molecule has 0 heterocycles. The molecule has 0 saturated heterocycles. The summed E-state index contributed by atoms with van der Waals surface area (Å²) in [5.74, 6) is 0. The van der Waals surface area contributed by atoms with Crippen LogP contribution in [0.25, 0.3) is 0 Å². The average molecular weight is 258 g/mol. The Morgan fingerprint density at radius 2 is 1.90 bits per heavy atom. The molecule has 1 rings (SSSR count). The third-order valence-electron chi connectivity index (χ3n) is 1.01. The molecule has 0 radical (unpaired) electrons. The number of hydrogen-bond donors (Lipinski definition) is 1. The summed E-state index contributed by atoms with van der Waals surface area (Å²) in [5.41, 5.74) is 0. The summed E-state index contributed by atoms with van der Waals surface area (Å²) < 4.78 is 0.698. The summed E-state index contributed by atoms with van der Waals surface area (Å²) >= 11 is 18.8. The van der Waals surface area contributed by atoms with Crippen LogP contribution in [0.5, 0.6) is 0 Å². The van der Waals surface area contributed by atoms with Gasteiger partial charge in [-0.2, -0.15) is 0 Å². The quantitative estimate of drug-likeness (QED) is 0.526. The minimum Gasteiger partial charge on any atom is -0.142 e. The molecule has 0 unspecified atom stereocenters. The second-order valence-corrected chi connectivity index (χ2v) is 3.75. The first-order chi connectivity index (χ1) is 4.63. The Bertz CT molecular complexity index is 235. The molecule has 0 aliphatic rings. The molecule has 0 atom stereocenters. The van der Waals surface area contributed by atoms with Crippen LogP contribution in [0.1, 0.15) is 0 Å². The number of halogens is 3. The summed E-state index contributed by atoms with van der Waals surface area (Å²) in [5, 5.41) is 1.15. The fourth-order valence-electron chi connectivity index (χ4n) is 0.516. The minimum absolute atomic E-state index is 0.552. The largest absolute Gasteiger partial charge is 0.142 e. The summed E-state index contributed by atoms with van der Waals surface area (Å²) in [7, 11) is 0. The lowest BCUT2D eigenvalue weighted by atomic mass is 10.4. The van der Waals surface area contributed by atoms with Gasteiger partial charge in [-0.3, -0.25) is 0 Å². The first-order valence-corrected chi connectivity index (χ1v) is 4.45. The maximum Gasteiger partial charge on any atom is 0.0696 e. The highest BCUT2D eigenvalue weighted by atomic mass is 79.9. The van der Waals surface area contributed by atoms with E-state index in [0.717, 1.165) is 4.90 Å². The highest BCUT2D eigenvalue weighted by molar-refractivity contribution is 9.10. The topological polar surface area (TPSA) is 0 Å². The summed E-state index contributed by atoms with van der Waals surface area (Å²) in [6, 6.07) is 3.48. The van der Waals surface area contributed by atoms with Crippen molar-refractivity contribution in [3.63, 3.8) is 0 Å². The van der Waals surface area contributed by atoms with Gasteiger partial charge in [0.1, 0.15) is 0 Å². The lowest BCUT2D eigenvalue weighted by Gasteiger charge is -2.00. The molecule has 10 heavy (non-hydrogen) atoms. The van der Waals surface area contributed by atoms with Crippen molar-refractivity contribution in [3.05, 3.63) is 26.7 Å². The van der Waals surface area contributed by atoms with Gasteiger partial charge >= 0.3 is 0 Å². The Morgan fingerprint density at radius 3 is 2.40 bits per heavy atom. The molecule has 4 heteroatoms. The van der Waals surface area contributed by atoms with Crippen LogP contribution in [0.4, 0.5) is 0 Å². The van der Waals surface area contributed by atoms with Crippen LogP contribution >= 0.6 is 51.8 Å². The fraction of sp³-hybridized carbons (Fsp3) is 0. The first-order valence-electron chi connectivity index (χ1n) is 2.45. The van der Waals surface area contributed by atoms with Gasteiger partial charge in [0.25, 0.3) is 0 Å². The second kappa shape index (κ2) is 3.35. The van der Waals surface area contributed by atoms with E-state index in [9.17, 15) is 0 Å². The molecule has 0 N–H and O–H groups in total. The molecule has 0 aromatic heterocycles. The van der Waals surface area contributed by atoms with Gasteiger partial charge < -0.3 is 0 Å². The van der Waals surface area contributed by atoms with E-state index in [-0.39, 0.29) is 0 Å². The highest BCUT2D eigenvalue weighted by Crippen LogP contribution is 2.34. The van der Waals surface area contributed by atoms with E-state index in [1.54, 1.807) is 12.1 Å². The molecule has 0 aliphatic heterocycles. The van der Waals surface area contributed by atoms with Crippen LogP contribution in [0.3, 0.4) is 0 Å². The van der Waals surface area contributed by atoms with Crippen molar-refractivity contribution >= 4 is 51.8 Å². The number of benzene rings is 1. The normalized spacial score (nSPS) is 10.0. The van der Waals surface area contributed by atoms with E-state index in [1.165, 1.54) is 0 Å². The van der Waals surface area contributed by atoms with Crippen molar-refractivity contribution in [2.45, 2.75) is 4.90 Å². The fourth-order valence-corrected chi connectivity index (χ4v) is 1.57. The number of rotatable bonds is 0. The Morgan fingerprint density at radius 1 is 1.30 bits per heavy atom. The third kappa shape index (κ3) is 1.62. The zero-order valence-electron chi connectivity index (χ0n) is 4.74. The smallest absolute Gasteiger partial charge is 0.0696 e. The van der Waals surface area contributed by atoms with Gasteiger partial charge in [-0.1, -0.05) is 23.2 Å². The Labute approximate surface area is 83.1 Å². The van der Waals surface area contributed by atoms with Gasteiger partial charge in [0, 0.05) is 4.90 Å². The predicted molar refractivity (Wildman–Crippen MR) is 51.4 cm³/mol. The van der Waals surface area contributed by atoms with Crippen LogP contribution in [0.15, 0.2) is 21.5 Å². The number of hydrogen-bond acceptors (Lipinski definition) is 1. The molecule has 0 saturated carbocycles. The van der Waals surface area contributed by atoms with Gasteiger partial charge in [-0.15, -0.1) is 12.6 Å². The molecule has 0 bridgehead atoms. The zero-order valence-corrected chi connectivity index (χ0v) is 8.73. The molecular formula is C6H3BrCl2S. The molecule has 0 aliphatic carbocycles. The Balaban J connectivity index is 3.34. The van der Waals surface area contributed by atoms with Crippen molar-refractivity contribution in [1.29, 1.82) is 0 Å². The maximum absolute atomic E-state index is 5.78. The van der Waals surface area contributed by atoms with E-state index >= 15 is 0 Å². The summed E-state index contributed by atoms with van der Waals surface area (Å²) in [4.78, 5) is 0.720. The van der Waals surface area contributed by atoms with E-state index in [1.807, 2.05) is 0 Å². The molecule has 1 aromatic rings. The van der Waals surface area contributed by atoms with Crippen molar-refractivity contribution in [3.8, 4) is 0 Å². The molecule has 0 fully saturated rings. The Hall–Kier alpha value is 0.630. The van der Waals surface area contributed by atoms with Crippen LogP contribution in [0, 0.1) is 0 Å². The summed E-state index contributed by atoms with van der Waals surface area (Å²) in [6.45, 7) is 0. The van der Waals surface area contributed by atoms with Gasteiger partial charge in [-0.05, 0) is 28.1 Å². The van der Waals surface area contributed by atoms with Crippen molar-refractivity contribution in [2.24, 2.45) is 0 Å². The molecule has 0 spiro atoms. The monoisotopic (exact) mass is 256 g/mol. The van der Waals surface area contributed by atoms with E-state index < -0.39 is 0 Å². The number of thiol groups is 1.